The summed E-state index contributed by atoms with van der Waals surface area (Å²) in [7, 11) is 0. The average molecular weight is 348 g/mol. The first kappa shape index (κ1) is 18.3. The van der Waals surface area contributed by atoms with Crippen LogP contribution in [0.25, 0.3) is 0 Å². The average Bonchev–Trinajstić information content (AvgIpc) is 3.24. The molecule has 2 heterocycles. The van der Waals surface area contributed by atoms with Crippen molar-refractivity contribution in [2.24, 2.45) is 17.8 Å². The van der Waals surface area contributed by atoms with E-state index in [0.29, 0.717) is 17.7 Å². The maximum atomic E-state index is 12.7. The van der Waals surface area contributed by atoms with Gasteiger partial charge in [-0.3, -0.25) is 4.79 Å². The summed E-state index contributed by atoms with van der Waals surface area (Å²) in [5, 5.41) is 0. The quantitative estimate of drug-likeness (QED) is 0.718. The van der Waals surface area contributed by atoms with Gasteiger partial charge in [0.2, 0.25) is 5.91 Å². The Balaban J connectivity index is 1.52. The first-order chi connectivity index (χ1) is 11.8. The van der Waals surface area contributed by atoms with Crippen LogP contribution in [0, 0.1) is 17.8 Å². The third-order valence-electron chi connectivity index (χ3n) is 5.67. The molecule has 5 nitrogen and oxygen atoms in total. The third-order valence-corrected chi connectivity index (χ3v) is 5.67. The zero-order valence-corrected chi connectivity index (χ0v) is 15.9. The Morgan fingerprint density at radius 2 is 1.60 bits per heavy atom. The highest BCUT2D eigenvalue weighted by Crippen LogP contribution is 2.33. The fraction of sp³-hybridized carbons (Fsp3) is 0.800. The molecule has 2 saturated heterocycles. The molecule has 5 heteroatoms. The lowest BCUT2D eigenvalue weighted by molar-refractivity contribution is -0.137. The Bertz CT molecular complexity index is 530. The van der Waals surface area contributed by atoms with Crippen LogP contribution in [0.2, 0.25) is 0 Å². The minimum absolute atomic E-state index is 0.167. The van der Waals surface area contributed by atoms with Crippen LogP contribution in [-0.2, 0) is 9.53 Å². The van der Waals surface area contributed by atoms with Crippen molar-refractivity contribution in [3.05, 3.63) is 12.2 Å². The normalized spacial score (nSPS) is 27.8. The summed E-state index contributed by atoms with van der Waals surface area (Å²) >= 11 is 0. The second-order valence-electron chi connectivity index (χ2n) is 8.80. The second-order valence-corrected chi connectivity index (χ2v) is 8.80. The van der Waals surface area contributed by atoms with Crippen LogP contribution in [-0.4, -0.2) is 53.6 Å². The third kappa shape index (κ3) is 4.56. The Hall–Kier alpha value is -1.52. The molecule has 0 aromatic rings. The van der Waals surface area contributed by atoms with Crippen LogP contribution >= 0.6 is 0 Å². The van der Waals surface area contributed by atoms with Crippen LogP contribution in [0.15, 0.2) is 12.2 Å². The van der Waals surface area contributed by atoms with Gasteiger partial charge in [-0.1, -0.05) is 12.2 Å². The van der Waals surface area contributed by atoms with Crippen molar-refractivity contribution in [1.29, 1.82) is 0 Å². The van der Waals surface area contributed by atoms with Gasteiger partial charge in [0.05, 0.1) is 0 Å². The van der Waals surface area contributed by atoms with Gasteiger partial charge >= 0.3 is 6.09 Å². The number of carbonyl (C=O) groups excluding carboxylic acids is 2. The van der Waals surface area contributed by atoms with Gasteiger partial charge < -0.3 is 14.5 Å². The highest BCUT2D eigenvalue weighted by Gasteiger charge is 2.37. The molecule has 0 N–H and O–H groups in total. The first-order valence-electron chi connectivity index (χ1n) is 9.75. The number of piperidine rings is 1. The SMILES string of the molecule is CC(C)(C)OC(=O)N1CCC(C2CCCN(C(=O)C3CC=CC3)C2)C1. The predicted octanol–water partition coefficient (Wildman–Crippen LogP) is 3.45. The smallest absolute Gasteiger partial charge is 0.410 e. The molecule has 3 rings (SSSR count). The van der Waals surface area contributed by atoms with Crippen LogP contribution in [0.3, 0.4) is 0 Å². The van der Waals surface area contributed by atoms with E-state index in [-0.39, 0.29) is 12.0 Å². The van der Waals surface area contributed by atoms with Crippen LogP contribution < -0.4 is 0 Å². The number of carbonyl (C=O) groups is 2. The number of nitrogens with zero attached hydrogens (tertiary/aromatic N) is 2. The Labute approximate surface area is 151 Å². The first-order valence-corrected chi connectivity index (χ1v) is 9.75. The number of likely N-dealkylation sites (tertiary alicyclic amines) is 2. The van der Waals surface area contributed by atoms with Gasteiger partial charge in [-0.2, -0.15) is 0 Å². The van der Waals surface area contributed by atoms with E-state index in [2.05, 4.69) is 17.1 Å². The summed E-state index contributed by atoms with van der Waals surface area (Å²) in [6, 6.07) is 0. The molecule has 0 bridgehead atoms. The molecule has 0 saturated carbocycles. The van der Waals surface area contributed by atoms with Gasteiger partial charge in [0, 0.05) is 32.1 Å². The highest BCUT2D eigenvalue weighted by atomic mass is 16.6. The molecule has 25 heavy (non-hydrogen) atoms. The van der Waals surface area contributed by atoms with Crippen molar-refractivity contribution < 1.29 is 14.3 Å². The highest BCUT2D eigenvalue weighted by molar-refractivity contribution is 5.79. The fourth-order valence-electron chi connectivity index (χ4n) is 4.34. The molecule has 2 fully saturated rings. The largest absolute Gasteiger partial charge is 0.444 e. The van der Waals surface area contributed by atoms with Crippen molar-refractivity contribution in [3.63, 3.8) is 0 Å². The molecule has 0 aromatic heterocycles. The maximum Gasteiger partial charge on any atom is 0.410 e. The van der Waals surface area contributed by atoms with Gasteiger partial charge in [0.15, 0.2) is 0 Å². The summed E-state index contributed by atoms with van der Waals surface area (Å²) in [5.74, 6) is 1.50. The topological polar surface area (TPSA) is 49.9 Å². The number of ether oxygens (including phenoxy) is 1. The summed E-state index contributed by atoms with van der Waals surface area (Å²) in [6.45, 7) is 9.02. The van der Waals surface area contributed by atoms with E-state index < -0.39 is 5.60 Å². The Morgan fingerprint density at radius 3 is 2.28 bits per heavy atom. The molecule has 0 aromatic carbocycles. The molecule has 0 radical (unpaired) electrons. The zero-order valence-electron chi connectivity index (χ0n) is 15.9. The molecular weight excluding hydrogens is 316 g/mol. The summed E-state index contributed by atoms with van der Waals surface area (Å²) in [4.78, 5) is 28.9. The van der Waals surface area contributed by atoms with Gasteiger partial charge in [0.1, 0.15) is 5.60 Å². The van der Waals surface area contributed by atoms with Crippen LogP contribution in [0.1, 0.15) is 52.9 Å². The number of amides is 2. The van der Waals surface area contributed by atoms with Gasteiger partial charge in [-0.15, -0.1) is 0 Å². The summed E-state index contributed by atoms with van der Waals surface area (Å²) in [6.07, 6.45) is 9.12. The standard InChI is InChI=1S/C20H32N2O3/c1-20(2,3)25-19(24)22-12-10-17(14-22)16-9-6-11-21(13-16)18(23)15-7-4-5-8-15/h4-5,15-17H,6-14H2,1-3H3. The van der Waals surface area contributed by atoms with E-state index in [0.717, 1.165) is 51.9 Å². The van der Waals surface area contributed by atoms with E-state index in [1.165, 1.54) is 6.42 Å². The minimum Gasteiger partial charge on any atom is -0.444 e. The van der Waals surface area contributed by atoms with Crippen molar-refractivity contribution in [1.82, 2.24) is 9.80 Å². The van der Waals surface area contributed by atoms with E-state index in [1.807, 2.05) is 25.7 Å². The Morgan fingerprint density at radius 1 is 0.960 bits per heavy atom. The lowest BCUT2D eigenvalue weighted by atomic mass is 9.84. The van der Waals surface area contributed by atoms with Crippen molar-refractivity contribution in [2.75, 3.05) is 26.2 Å². The molecule has 3 aliphatic rings. The van der Waals surface area contributed by atoms with E-state index in [9.17, 15) is 9.59 Å². The second kappa shape index (κ2) is 7.38. The van der Waals surface area contributed by atoms with E-state index >= 15 is 0 Å². The van der Waals surface area contributed by atoms with Gasteiger partial charge in [0.25, 0.3) is 0 Å². The molecule has 0 spiro atoms. The van der Waals surface area contributed by atoms with E-state index in [4.69, 9.17) is 4.74 Å². The van der Waals surface area contributed by atoms with Crippen molar-refractivity contribution in [3.8, 4) is 0 Å². The number of hydrogen-bond donors (Lipinski definition) is 0. The Kier molecular flexibility index (Phi) is 5.40. The summed E-state index contributed by atoms with van der Waals surface area (Å²) < 4.78 is 5.50. The lowest BCUT2D eigenvalue weighted by Gasteiger charge is -2.37. The van der Waals surface area contributed by atoms with Gasteiger partial charge in [-0.25, -0.2) is 4.79 Å². The van der Waals surface area contributed by atoms with Crippen LogP contribution in [0.5, 0.6) is 0 Å². The molecule has 2 aliphatic heterocycles. The number of hydrogen-bond acceptors (Lipinski definition) is 3. The molecule has 2 amide bonds. The minimum atomic E-state index is -0.446. The fourth-order valence-corrected chi connectivity index (χ4v) is 4.34. The van der Waals surface area contributed by atoms with Crippen molar-refractivity contribution in [2.45, 2.75) is 58.5 Å². The number of rotatable bonds is 2. The molecular formula is C20H32N2O3. The summed E-state index contributed by atoms with van der Waals surface area (Å²) in [5.41, 5.74) is -0.446. The molecule has 140 valence electrons. The monoisotopic (exact) mass is 348 g/mol. The number of allylic oxidation sites excluding steroid dienone is 2. The predicted molar refractivity (Wildman–Crippen MR) is 97.1 cm³/mol. The van der Waals surface area contributed by atoms with Gasteiger partial charge in [-0.05, 0) is 64.7 Å². The van der Waals surface area contributed by atoms with Crippen LogP contribution in [0.4, 0.5) is 4.79 Å². The lowest BCUT2D eigenvalue weighted by Crippen LogP contribution is -2.45. The van der Waals surface area contributed by atoms with Crippen molar-refractivity contribution >= 4 is 12.0 Å². The zero-order chi connectivity index (χ0) is 18.0. The maximum absolute atomic E-state index is 12.7. The molecule has 2 atom stereocenters. The molecule has 2 unspecified atom stereocenters. The van der Waals surface area contributed by atoms with E-state index in [1.54, 1.807) is 0 Å². The molecule has 1 aliphatic carbocycles.